The van der Waals surface area contributed by atoms with E-state index in [1.54, 1.807) is 6.07 Å². The van der Waals surface area contributed by atoms with E-state index in [0.717, 1.165) is 10.0 Å². The van der Waals surface area contributed by atoms with Crippen molar-refractivity contribution < 1.29 is 0 Å². The third kappa shape index (κ3) is 2.45. The molecule has 52 valence electrons. The maximum Gasteiger partial charge on any atom is 0.152 e. The Morgan fingerprint density at radius 2 is 2.18 bits per heavy atom. The van der Waals surface area contributed by atoms with Crippen molar-refractivity contribution in [2.45, 2.75) is 0 Å². The highest BCUT2D eigenvalue weighted by Gasteiger charge is 1.86. The molecule has 0 aliphatic heterocycles. The SMILES string of the molecule is N#CC#Cc1cccc(Br)c1. The van der Waals surface area contributed by atoms with E-state index in [4.69, 9.17) is 5.26 Å². The molecule has 0 saturated heterocycles. The maximum atomic E-state index is 8.16. The van der Waals surface area contributed by atoms with Gasteiger partial charge in [-0.3, -0.25) is 0 Å². The first-order valence-electron chi connectivity index (χ1n) is 2.98. The molecule has 0 spiro atoms. The van der Waals surface area contributed by atoms with Gasteiger partial charge in [0, 0.05) is 16.0 Å². The fourth-order valence-electron chi connectivity index (χ4n) is 0.666. The van der Waals surface area contributed by atoms with Crippen molar-refractivity contribution in [2.75, 3.05) is 0 Å². The molecule has 0 bridgehead atoms. The second kappa shape index (κ2) is 3.81. The van der Waals surface area contributed by atoms with Gasteiger partial charge in [0.2, 0.25) is 0 Å². The van der Waals surface area contributed by atoms with Gasteiger partial charge in [-0.2, -0.15) is 5.26 Å². The smallest absolute Gasteiger partial charge is 0.152 e. The fraction of sp³-hybridized carbons (Fsp3) is 0. The van der Waals surface area contributed by atoms with Crippen LogP contribution in [0.15, 0.2) is 28.7 Å². The zero-order valence-electron chi connectivity index (χ0n) is 5.63. The van der Waals surface area contributed by atoms with Crippen molar-refractivity contribution in [3.8, 4) is 17.9 Å². The second-order valence-corrected chi connectivity index (χ2v) is 2.79. The highest BCUT2D eigenvalue weighted by molar-refractivity contribution is 9.10. The molecule has 0 unspecified atom stereocenters. The first-order valence-corrected chi connectivity index (χ1v) is 3.78. The molecule has 0 fully saturated rings. The lowest BCUT2D eigenvalue weighted by Crippen LogP contribution is -1.71. The monoisotopic (exact) mass is 205 g/mol. The average Bonchev–Trinajstić information content (AvgIpc) is 2.01. The van der Waals surface area contributed by atoms with Gasteiger partial charge < -0.3 is 0 Å². The summed E-state index contributed by atoms with van der Waals surface area (Å²) in [4.78, 5) is 0. The zero-order chi connectivity index (χ0) is 8.10. The Hall–Kier alpha value is -1.25. The molecule has 0 heterocycles. The van der Waals surface area contributed by atoms with Crippen LogP contribution in [0.1, 0.15) is 5.56 Å². The van der Waals surface area contributed by atoms with Gasteiger partial charge in [0.15, 0.2) is 6.07 Å². The van der Waals surface area contributed by atoms with Gasteiger partial charge in [-0.1, -0.05) is 27.9 Å². The Labute approximate surface area is 73.8 Å². The Kier molecular flexibility index (Phi) is 2.72. The van der Waals surface area contributed by atoms with Crippen LogP contribution >= 0.6 is 15.9 Å². The number of hydrogen-bond acceptors (Lipinski definition) is 1. The van der Waals surface area contributed by atoms with E-state index in [2.05, 4.69) is 27.8 Å². The first kappa shape index (κ1) is 7.85. The molecule has 0 saturated carbocycles. The number of rotatable bonds is 0. The van der Waals surface area contributed by atoms with E-state index in [1.165, 1.54) is 0 Å². The second-order valence-electron chi connectivity index (χ2n) is 1.87. The third-order valence-electron chi connectivity index (χ3n) is 1.09. The van der Waals surface area contributed by atoms with E-state index in [0.29, 0.717) is 0 Å². The van der Waals surface area contributed by atoms with Crippen LogP contribution < -0.4 is 0 Å². The van der Waals surface area contributed by atoms with E-state index < -0.39 is 0 Å². The topological polar surface area (TPSA) is 23.8 Å². The summed E-state index contributed by atoms with van der Waals surface area (Å²) in [5.74, 6) is 5.02. The van der Waals surface area contributed by atoms with Crippen molar-refractivity contribution in [3.05, 3.63) is 34.3 Å². The van der Waals surface area contributed by atoms with Gasteiger partial charge in [0.05, 0.1) is 0 Å². The number of nitriles is 1. The van der Waals surface area contributed by atoms with Crippen LogP contribution in [0.4, 0.5) is 0 Å². The first-order chi connectivity index (χ1) is 5.33. The molecule has 0 aliphatic rings. The minimum absolute atomic E-state index is 0.848. The van der Waals surface area contributed by atoms with Gasteiger partial charge in [-0.05, 0) is 18.2 Å². The summed E-state index contributed by atoms with van der Waals surface area (Å²) in [6.45, 7) is 0. The molecular weight excluding hydrogens is 202 g/mol. The van der Waals surface area contributed by atoms with Crippen LogP contribution in [0.5, 0.6) is 0 Å². The van der Waals surface area contributed by atoms with Crippen LogP contribution in [0.2, 0.25) is 0 Å². The van der Waals surface area contributed by atoms with Crippen LogP contribution in [-0.2, 0) is 0 Å². The predicted molar refractivity (Wildman–Crippen MR) is 46.6 cm³/mol. The van der Waals surface area contributed by atoms with Crippen LogP contribution in [-0.4, -0.2) is 0 Å². The fourth-order valence-corrected chi connectivity index (χ4v) is 1.07. The van der Waals surface area contributed by atoms with Crippen molar-refractivity contribution in [2.24, 2.45) is 0 Å². The van der Waals surface area contributed by atoms with Gasteiger partial charge in [0.1, 0.15) is 0 Å². The molecule has 0 aliphatic carbocycles. The van der Waals surface area contributed by atoms with Crippen LogP contribution in [0, 0.1) is 23.2 Å². The van der Waals surface area contributed by atoms with E-state index in [1.807, 2.05) is 24.3 Å². The van der Waals surface area contributed by atoms with E-state index in [-0.39, 0.29) is 0 Å². The number of hydrogen-bond donors (Lipinski definition) is 0. The number of benzene rings is 1. The Bertz CT molecular complexity index is 352. The molecule has 0 atom stereocenters. The van der Waals surface area contributed by atoms with Crippen molar-refractivity contribution >= 4 is 15.9 Å². The lowest BCUT2D eigenvalue weighted by Gasteiger charge is -1.88. The van der Waals surface area contributed by atoms with Crippen molar-refractivity contribution in [1.29, 1.82) is 5.26 Å². The summed E-state index contributed by atoms with van der Waals surface area (Å²) < 4.78 is 0.974. The molecule has 1 aromatic rings. The van der Waals surface area contributed by atoms with Crippen LogP contribution in [0.25, 0.3) is 0 Å². The summed E-state index contributed by atoms with van der Waals surface area (Å²) in [7, 11) is 0. The minimum Gasteiger partial charge on any atom is -0.183 e. The minimum atomic E-state index is 0.848. The van der Waals surface area contributed by atoms with Crippen LogP contribution in [0.3, 0.4) is 0 Å². The van der Waals surface area contributed by atoms with Gasteiger partial charge in [-0.25, -0.2) is 0 Å². The summed E-state index contributed by atoms with van der Waals surface area (Å²) >= 11 is 3.30. The molecule has 1 rings (SSSR count). The van der Waals surface area contributed by atoms with Gasteiger partial charge >= 0.3 is 0 Å². The highest BCUT2D eigenvalue weighted by Crippen LogP contribution is 2.10. The van der Waals surface area contributed by atoms with Gasteiger partial charge in [0.25, 0.3) is 0 Å². The van der Waals surface area contributed by atoms with E-state index in [9.17, 15) is 0 Å². The summed E-state index contributed by atoms with van der Waals surface area (Å²) in [5.41, 5.74) is 0.848. The molecule has 1 aromatic carbocycles. The van der Waals surface area contributed by atoms with Crippen molar-refractivity contribution in [3.63, 3.8) is 0 Å². The molecular formula is C9H4BrN. The third-order valence-corrected chi connectivity index (χ3v) is 1.58. The lowest BCUT2D eigenvalue weighted by atomic mass is 10.2. The highest BCUT2D eigenvalue weighted by atomic mass is 79.9. The molecule has 2 heteroatoms. The van der Waals surface area contributed by atoms with E-state index >= 15 is 0 Å². The van der Waals surface area contributed by atoms with Crippen molar-refractivity contribution in [1.82, 2.24) is 0 Å². The summed E-state index contributed by atoms with van der Waals surface area (Å²) in [6.07, 6.45) is 0. The normalized spacial score (nSPS) is 7.64. The molecule has 1 nitrogen and oxygen atoms in total. The molecule has 0 amide bonds. The van der Waals surface area contributed by atoms with Gasteiger partial charge in [-0.15, -0.1) is 0 Å². The zero-order valence-corrected chi connectivity index (χ0v) is 7.22. The standard InChI is InChI=1S/C9H4BrN/c10-9-5-1-3-8(7-9)4-2-6-11/h1,3,5,7H. The lowest BCUT2D eigenvalue weighted by molar-refractivity contribution is 1.54. The quantitative estimate of drug-likeness (QED) is 0.597. The summed E-state index contributed by atoms with van der Waals surface area (Å²) in [6, 6.07) is 9.28. The number of halogens is 1. The Balaban J connectivity index is 2.99. The predicted octanol–water partition coefficient (Wildman–Crippen LogP) is 2.32. The molecule has 0 radical (unpaired) electrons. The molecule has 11 heavy (non-hydrogen) atoms. The maximum absolute atomic E-state index is 8.16. The Morgan fingerprint density at radius 1 is 1.36 bits per heavy atom. The largest absolute Gasteiger partial charge is 0.183 e. The summed E-state index contributed by atoms with van der Waals surface area (Å²) in [5, 5.41) is 8.16. The number of nitrogens with zero attached hydrogens (tertiary/aromatic N) is 1. The average molecular weight is 206 g/mol. The molecule has 0 aromatic heterocycles. The Morgan fingerprint density at radius 3 is 2.82 bits per heavy atom. The molecule has 0 N–H and O–H groups in total.